The number of carbonyl (C=O) groups is 1. The zero-order valence-electron chi connectivity index (χ0n) is 11.4. The molecule has 0 radical (unpaired) electrons. The first-order valence-electron chi connectivity index (χ1n) is 6.52. The van der Waals surface area contributed by atoms with Gasteiger partial charge in [-0.1, -0.05) is 11.6 Å². The molecule has 1 fully saturated rings. The Labute approximate surface area is 125 Å². The molecule has 116 valence electrons. The molecule has 0 bridgehead atoms. The number of alkyl halides is 3. The van der Waals surface area contributed by atoms with E-state index in [1.54, 1.807) is 4.90 Å². The highest BCUT2D eigenvalue weighted by Crippen LogP contribution is 2.34. The van der Waals surface area contributed by atoms with Gasteiger partial charge >= 0.3 is 6.18 Å². The van der Waals surface area contributed by atoms with E-state index >= 15 is 0 Å². The molecule has 0 aliphatic carbocycles. The van der Waals surface area contributed by atoms with Crippen molar-refractivity contribution in [2.45, 2.75) is 32.0 Å². The van der Waals surface area contributed by atoms with Gasteiger partial charge in [-0.05, 0) is 18.9 Å². The number of piperidine rings is 1. The molecule has 0 saturated carbocycles. The van der Waals surface area contributed by atoms with E-state index in [2.05, 4.69) is 10.3 Å². The second-order valence-corrected chi connectivity index (χ2v) is 5.42. The fraction of sp³-hybridized carbons (Fsp3) is 0.538. The van der Waals surface area contributed by atoms with E-state index in [0.29, 0.717) is 18.9 Å². The summed E-state index contributed by atoms with van der Waals surface area (Å²) in [5.41, 5.74) is -0.869. The van der Waals surface area contributed by atoms with Crippen LogP contribution in [0.2, 0.25) is 5.02 Å². The quantitative estimate of drug-likeness (QED) is 0.911. The van der Waals surface area contributed by atoms with Crippen molar-refractivity contribution in [1.29, 1.82) is 0 Å². The molecule has 1 N–H and O–H groups in total. The molecule has 1 amide bonds. The lowest BCUT2D eigenvalue weighted by Crippen LogP contribution is -2.47. The summed E-state index contributed by atoms with van der Waals surface area (Å²) in [7, 11) is 0. The molecule has 2 rings (SSSR count). The molecule has 2 heterocycles. The first-order valence-corrected chi connectivity index (χ1v) is 6.90. The molecule has 1 aliphatic heterocycles. The summed E-state index contributed by atoms with van der Waals surface area (Å²) in [6.45, 7) is 2.56. The van der Waals surface area contributed by atoms with Gasteiger partial charge in [0.05, 0.1) is 10.6 Å². The lowest BCUT2D eigenvalue weighted by atomic mass is 10.1. The SMILES string of the molecule is CC(=O)NC1CCCN(c2ncc(C(F)(F)F)cc2Cl)C1. The minimum Gasteiger partial charge on any atom is -0.353 e. The van der Waals surface area contributed by atoms with Crippen molar-refractivity contribution in [3.05, 3.63) is 22.8 Å². The first-order chi connectivity index (χ1) is 9.77. The van der Waals surface area contributed by atoms with E-state index in [-0.39, 0.29) is 17.0 Å². The molecule has 21 heavy (non-hydrogen) atoms. The number of nitrogens with zero attached hydrogens (tertiary/aromatic N) is 2. The predicted molar refractivity (Wildman–Crippen MR) is 73.3 cm³/mol. The maximum atomic E-state index is 12.6. The summed E-state index contributed by atoms with van der Waals surface area (Å²) in [6, 6.07) is 0.836. The van der Waals surface area contributed by atoms with E-state index in [9.17, 15) is 18.0 Å². The summed E-state index contributed by atoms with van der Waals surface area (Å²) in [4.78, 5) is 16.7. The molecule has 0 aromatic carbocycles. The number of nitrogens with one attached hydrogen (secondary N) is 1. The van der Waals surface area contributed by atoms with E-state index in [1.165, 1.54) is 6.92 Å². The number of pyridine rings is 1. The number of amides is 1. The predicted octanol–water partition coefficient (Wildman–Crippen LogP) is 2.86. The Bertz CT molecular complexity index is 536. The summed E-state index contributed by atoms with van der Waals surface area (Å²) < 4.78 is 37.8. The number of rotatable bonds is 2. The second-order valence-electron chi connectivity index (χ2n) is 5.01. The molecule has 1 aromatic rings. The van der Waals surface area contributed by atoms with Crippen molar-refractivity contribution in [3.63, 3.8) is 0 Å². The van der Waals surface area contributed by atoms with Crippen LogP contribution in [0.3, 0.4) is 0 Å². The number of hydrogen-bond donors (Lipinski definition) is 1. The van der Waals surface area contributed by atoms with Crippen molar-refractivity contribution in [2.24, 2.45) is 0 Å². The van der Waals surface area contributed by atoms with Gasteiger partial charge in [-0.25, -0.2) is 4.98 Å². The fourth-order valence-corrected chi connectivity index (χ4v) is 2.68. The molecule has 8 heteroatoms. The minimum atomic E-state index is -4.46. The van der Waals surface area contributed by atoms with Crippen molar-refractivity contribution in [2.75, 3.05) is 18.0 Å². The lowest BCUT2D eigenvalue weighted by molar-refractivity contribution is -0.137. The molecular formula is C13H15ClF3N3O. The summed E-state index contributed by atoms with van der Waals surface area (Å²) in [5, 5.41) is 2.77. The number of halogens is 4. The third-order valence-electron chi connectivity index (χ3n) is 3.28. The van der Waals surface area contributed by atoms with Gasteiger partial charge in [0.1, 0.15) is 5.82 Å². The van der Waals surface area contributed by atoms with Crippen molar-refractivity contribution < 1.29 is 18.0 Å². The van der Waals surface area contributed by atoms with Crippen LogP contribution in [0.15, 0.2) is 12.3 Å². The van der Waals surface area contributed by atoms with Crippen LogP contribution in [0.4, 0.5) is 19.0 Å². The van der Waals surface area contributed by atoms with Crippen LogP contribution in [-0.4, -0.2) is 30.0 Å². The molecule has 1 saturated heterocycles. The highest BCUT2D eigenvalue weighted by molar-refractivity contribution is 6.33. The molecule has 1 unspecified atom stereocenters. The number of hydrogen-bond acceptors (Lipinski definition) is 3. The van der Waals surface area contributed by atoms with E-state index in [4.69, 9.17) is 11.6 Å². The second kappa shape index (κ2) is 6.09. The molecule has 1 atom stereocenters. The van der Waals surface area contributed by atoms with E-state index in [0.717, 1.165) is 25.1 Å². The van der Waals surface area contributed by atoms with E-state index < -0.39 is 11.7 Å². The minimum absolute atomic E-state index is 0.0340. The van der Waals surface area contributed by atoms with E-state index in [1.807, 2.05) is 0 Å². The lowest BCUT2D eigenvalue weighted by Gasteiger charge is -2.34. The highest BCUT2D eigenvalue weighted by atomic mass is 35.5. The van der Waals surface area contributed by atoms with Gasteiger partial charge in [0.15, 0.2) is 0 Å². The average Bonchev–Trinajstić information content (AvgIpc) is 2.37. The van der Waals surface area contributed by atoms with Crippen molar-refractivity contribution in [1.82, 2.24) is 10.3 Å². The van der Waals surface area contributed by atoms with Gasteiger partial charge in [-0.2, -0.15) is 13.2 Å². The van der Waals surface area contributed by atoms with Gasteiger partial charge in [-0.3, -0.25) is 4.79 Å². The van der Waals surface area contributed by atoms with Gasteiger partial charge in [0.2, 0.25) is 5.91 Å². The Morgan fingerprint density at radius 1 is 1.52 bits per heavy atom. The Balaban J connectivity index is 2.16. The monoisotopic (exact) mass is 321 g/mol. The smallest absolute Gasteiger partial charge is 0.353 e. The maximum absolute atomic E-state index is 12.6. The fourth-order valence-electron chi connectivity index (χ4n) is 2.39. The van der Waals surface area contributed by atoms with Crippen molar-refractivity contribution >= 4 is 23.3 Å². The zero-order chi connectivity index (χ0) is 15.6. The van der Waals surface area contributed by atoms with Crippen LogP contribution in [0.5, 0.6) is 0 Å². The summed E-state index contributed by atoms with van der Waals surface area (Å²) >= 11 is 5.93. The average molecular weight is 322 g/mol. The third-order valence-corrected chi connectivity index (χ3v) is 3.56. The normalized spacial score (nSPS) is 19.5. The van der Waals surface area contributed by atoms with Gasteiger partial charge in [0, 0.05) is 32.3 Å². The maximum Gasteiger partial charge on any atom is 0.417 e. The van der Waals surface area contributed by atoms with Crippen LogP contribution in [-0.2, 0) is 11.0 Å². The highest BCUT2D eigenvalue weighted by Gasteiger charge is 2.32. The largest absolute Gasteiger partial charge is 0.417 e. The van der Waals surface area contributed by atoms with Gasteiger partial charge < -0.3 is 10.2 Å². The van der Waals surface area contributed by atoms with Crippen LogP contribution < -0.4 is 10.2 Å². The summed E-state index contributed by atoms with van der Waals surface area (Å²) in [5.74, 6) is 0.188. The zero-order valence-corrected chi connectivity index (χ0v) is 12.1. The van der Waals surface area contributed by atoms with Crippen LogP contribution in [0.25, 0.3) is 0 Å². The molecule has 1 aromatic heterocycles. The first kappa shape index (κ1) is 15.9. The van der Waals surface area contributed by atoms with Crippen molar-refractivity contribution in [3.8, 4) is 0 Å². The number of carbonyl (C=O) groups excluding carboxylic acids is 1. The third kappa shape index (κ3) is 4.00. The van der Waals surface area contributed by atoms with Gasteiger partial charge in [0.25, 0.3) is 0 Å². The Morgan fingerprint density at radius 3 is 2.81 bits per heavy atom. The summed E-state index contributed by atoms with van der Waals surface area (Å²) in [6.07, 6.45) is -2.04. The Morgan fingerprint density at radius 2 is 2.24 bits per heavy atom. The molecular weight excluding hydrogens is 307 g/mol. The molecule has 4 nitrogen and oxygen atoms in total. The van der Waals surface area contributed by atoms with Gasteiger partial charge in [-0.15, -0.1) is 0 Å². The molecule has 1 aliphatic rings. The standard InChI is InChI=1S/C13H15ClF3N3O/c1-8(21)19-10-3-2-4-20(7-10)12-11(14)5-9(6-18-12)13(15,16)17/h5-6,10H,2-4,7H2,1H3,(H,19,21). The van der Waals surface area contributed by atoms with Crippen LogP contribution in [0.1, 0.15) is 25.3 Å². The topological polar surface area (TPSA) is 45.2 Å². The number of anilines is 1. The Hall–Kier alpha value is -1.50. The Kier molecular flexibility index (Phi) is 4.61. The molecule has 0 spiro atoms. The van der Waals surface area contributed by atoms with Crippen LogP contribution in [0, 0.1) is 0 Å². The van der Waals surface area contributed by atoms with Crippen LogP contribution >= 0.6 is 11.6 Å². The number of aromatic nitrogens is 1.